The molecule has 2 heterocycles. The van der Waals surface area contributed by atoms with E-state index in [4.69, 9.17) is 9.68 Å². The molecule has 1 aliphatic rings. The van der Waals surface area contributed by atoms with Crippen molar-refractivity contribution >= 4 is 5.88 Å². The standard InChI is InChI=1S/C14H13N3O/c15-10-12-14(17-8-4-5-9-17)18-13(16-12)11-6-2-1-3-7-11/h1-3,6-7H,4-5,8-9H2. The zero-order valence-corrected chi connectivity index (χ0v) is 9.97. The number of hydrogen-bond donors (Lipinski definition) is 0. The summed E-state index contributed by atoms with van der Waals surface area (Å²) < 4.78 is 5.77. The van der Waals surface area contributed by atoms with E-state index in [2.05, 4.69) is 16.0 Å². The summed E-state index contributed by atoms with van der Waals surface area (Å²) >= 11 is 0. The lowest BCUT2D eigenvalue weighted by Gasteiger charge is -2.12. The van der Waals surface area contributed by atoms with Crippen LogP contribution >= 0.6 is 0 Å². The predicted octanol–water partition coefficient (Wildman–Crippen LogP) is 2.81. The van der Waals surface area contributed by atoms with Gasteiger partial charge in [-0.3, -0.25) is 0 Å². The maximum absolute atomic E-state index is 9.14. The summed E-state index contributed by atoms with van der Waals surface area (Å²) in [6.07, 6.45) is 2.29. The molecule has 18 heavy (non-hydrogen) atoms. The Morgan fingerprint density at radius 1 is 1.17 bits per heavy atom. The van der Waals surface area contributed by atoms with Crippen LogP contribution in [-0.2, 0) is 0 Å². The predicted molar refractivity (Wildman–Crippen MR) is 68.1 cm³/mol. The first kappa shape index (κ1) is 10.8. The van der Waals surface area contributed by atoms with E-state index in [1.54, 1.807) is 0 Å². The Morgan fingerprint density at radius 2 is 1.89 bits per heavy atom. The molecular formula is C14H13N3O. The molecular weight excluding hydrogens is 226 g/mol. The maximum Gasteiger partial charge on any atom is 0.235 e. The van der Waals surface area contributed by atoms with E-state index in [0.717, 1.165) is 31.5 Å². The van der Waals surface area contributed by atoms with Gasteiger partial charge in [0.1, 0.15) is 6.07 Å². The molecule has 0 radical (unpaired) electrons. The molecule has 0 unspecified atom stereocenters. The summed E-state index contributed by atoms with van der Waals surface area (Å²) in [5, 5.41) is 9.14. The van der Waals surface area contributed by atoms with Crippen molar-refractivity contribution < 1.29 is 4.42 Å². The van der Waals surface area contributed by atoms with E-state index in [1.807, 2.05) is 30.3 Å². The summed E-state index contributed by atoms with van der Waals surface area (Å²) in [7, 11) is 0. The average molecular weight is 239 g/mol. The number of nitriles is 1. The van der Waals surface area contributed by atoms with Gasteiger partial charge in [-0.05, 0) is 25.0 Å². The molecule has 4 heteroatoms. The van der Waals surface area contributed by atoms with Gasteiger partial charge >= 0.3 is 0 Å². The van der Waals surface area contributed by atoms with E-state index < -0.39 is 0 Å². The highest BCUT2D eigenvalue weighted by molar-refractivity contribution is 5.59. The van der Waals surface area contributed by atoms with Gasteiger partial charge in [0, 0.05) is 18.7 Å². The van der Waals surface area contributed by atoms with Crippen LogP contribution in [0.4, 0.5) is 5.88 Å². The largest absolute Gasteiger partial charge is 0.419 e. The highest BCUT2D eigenvalue weighted by Crippen LogP contribution is 2.29. The van der Waals surface area contributed by atoms with E-state index in [1.165, 1.54) is 0 Å². The quantitative estimate of drug-likeness (QED) is 0.808. The van der Waals surface area contributed by atoms with Gasteiger partial charge in [0.2, 0.25) is 17.5 Å². The van der Waals surface area contributed by atoms with Crippen LogP contribution in [0.1, 0.15) is 18.5 Å². The summed E-state index contributed by atoms with van der Waals surface area (Å²) in [5.74, 6) is 1.14. The van der Waals surface area contributed by atoms with Gasteiger partial charge in [-0.2, -0.15) is 10.2 Å². The van der Waals surface area contributed by atoms with Crippen LogP contribution in [0, 0.1) is 11.3 Å². The SMILES string of the molecule is N#Cc1nc(-c2ccccc2)oc1N1CCCC1. The fourth-order valence-electron chi connectivity index (χ4n) is 2.22. The Kier molecular flexibility index (Phi) is 2.73. The normalized spacial score (nSPS) is 14.7. The molecule has 0 spiro atoms. The summed E-state index contributed by atoms with van der Waals surface area (Å²) in [5.41, 5.74) is 1.29. The third kappa shape index (κ3) is 1.84. The molecule has 1 aromatic carbocycles. The first-order chi connectivity index (χ1) is 8.88. The van der Waals surface area contributed by atoms with Gasteiger partial charge in [-0.25, -0.2) is 0 Å². The van der Waals surface area contributed by atoms with Gasteiger partial charge < -0.3 is 9.32 Å². The number of aromatic nitrogens is 1. The Bertz CT molecular complexity index is 577. The fourth-order valence-corrected chi connectivity index (χ4v) is 2.22. The number of rotatable bonds is 2. The zero-order chi connectivity index (χ0) is 12.4. The smallest absolute Gasteiger partial charge is 0.235 e. The van der Waals surface area contributed by atoms with Crippen LogP contribution in [-0.4, -0.2) is 18.1 Å². The number of oxazole rings is 1. The van der Waals surface area contributed by atoms with Gasteiger partial charge in [-0.15, -0.1) is 0 Å². The van der Waals surface area contributed by atoms with Gasteiger partial charge in [0.25, 0.3) is 0 Å². The Hall–Kier alpha value is -2.28. The second-order valence-electron chi connectivity index (χ2n) is 4.34. The van der Waals surface area contributed by atoms with E-state index >= 15 is 0 Å². The van der Waals surface area contributed by atoms with Crippen LogP contribution in [0.25, 0.3) is 11.5 Å². The molecule has 0 N–H and O–H groups in total. The van der Waals surface area contributed by atoms with E-state index in [9.17, 15) is 0 Å². The van der Waals surface area contributed by atoms with Gasteiger partial charge in [0.05, 0.1) is 0 Å². The number of anilines is 1. The van der Waals surface area contributed by atoms with Crippen LogP contribution in [0.15, 0.2) is 34.7 Å². The molecule has 0 atom stereocenters. The maximum atomic E-state index is 9.14. The molecule has 0 amide bonds. The molecule has 1 aliphatic heterocycles. The minimum Gasteiger partial charge on any atom is -0.419 e. The van der Waals surface area contributed by atoms with Crippen LogP contribution in [0.5, 0.6) is 0 Å². The third-order valence-corrected chi connectivity index (χ3v) is 3.13. The number of benzene rings is 1. The molecule has 1 saturated heterocycles. The van der Waals surface area contributed by atoms with E-state index in [0.29, 0.717) is 17.5 Å². The van der Waals surface area contributed by atoms with Crippen molar-refractivity contribution in [2.75, 3.05) is 18.0 Å². The third-order valence-electron chi connectivity index (χ3n) is 3.13. The highest BCUT2D eigenvalue weighted by Gasteiger charge is 2.22. The average Bonchev–Trinajstić information content (AvgIpc) is 3.08. The molecule has 1 aromatic heterocycles. The van der Waals surface area contributed by atoms with Gasteiger partial charge in [-0.1, -0.05) is 18.2 Å². The zero-order valence-electron chi connectivity index (χ0n) is 9.97. The molecule has 90 valence electrons. The topological polar surface area (TPSA) is 53.1 Å². The molecule has 2 aromatic rings. The fraction of sp³-hybridized carbons (Fsp3) is 0.286. The lowest BCUT2D eigenvalue weighted by molar-refractivity contribution is 0.563. The highest BCUT2D eigenvalue weighted by atomic mass is 16.4. The van der Waals surface area contributed by atoms with Crippen molar-refractivity contribution in [3.8, 4) is 17.5 Å². The summed E-state index contributed by atoms with van der Waals surface area (Å²) in [4.78, 5) is 6.37. The second kappa shape index (κ2) is 4.53. The lowest BCUT2D eigenvalue weighted by atomic mass is 10.2. The van der Waals surface area contributed by atoms with Crippen LogP contribution in [0.3, 0.4) is 0 Å². The Labute approximate surface area is 105 Å². The Morgan fingerprint density at radius 3 is 2.56 bits per heavy atom. The van der Waals surface area contributed by atoms with Crippen molar-refractivity contribution in [3.05, 3.63) is 36.0 Å². The minimum absolute atomic E-state index is 0.385. The minimum atomic E-state index is 0.385. The molecule has 4 nitrogen and oxygen atoms in total. The van der Waals surface area contributed by atoms with E-state index in [-0.39, 0.29) is 0 Å². The monoisotopic (exact) mass is 239 g/mol. The summed E-state index contributed by atoms with van der Waals surface area (Å²) in [6.45, 7) is 1.89. The Balaban J connectivity index is 2.01. The lowest BCUT2D eigenvalue weighted by Crippen LogP contribution is -2.17. The van der Waals surface area contributed by atoms with Crippen molar-refractivity contribution in [2.45, 2.75) is 12.8 Å². The first-order valence-corrected chi connectivity index (χ1v) is 6.10. The van der Waals surface area contributed by atoms with Crippen LogP contribution in [0.2, 0.25) is 0 Å². The molecule has 0 saturated carbocycles. The molecule has 0 aliphatic carbocycles. The first-order valence-electron chi connectivity index (χ1n) is 6.10. The number of hydrogen-bond acceptors (Lipinski definition) is 4. The number of nitrogens with zero attached hydrogens (tertiary/aromatic N) is 3. The van der Waals surface area contributed by atoms with Gasteiger partial charge in [0.15, 0.2) is 0 Å². The van der Waals surface area contributed by atoms with Crippen molar-refractivity contribution in [2.24, 2.45) is 0 Å². The second-order valence-corrected chi connectivity index (χ2v) is 4.34. The van der Waals surface area contributed by atoms with Crippen LogP contribution < -0.4 is 4.90 Å². The molecule has 3 rings (SSSR count). The molecule has 0 bridgehead atoms. The van der Waals surface area contributed by atoms with Crippen molar-refractivity contribution in [1.82, 2.24) is 4.98 Å². The van der Waals surface area contributed by atoms with Crippen molar-refractivity contribution in [1.29, 1.82) is 5.26 Å². The van der Waals surface area contributed by atoms with Crippen molar-refractivity contribution in [3.63, 3.8) is 0 Å². The molecule has 1 fully saturated rings. The summed E-state index contributed by atoms with van der Waals surface area (Å²) in [6, 6.07) is 11.8.